The smallest absolute Gasteiger partial charge is 0.323 e. The molecule has 6 heteroatoms. The number of halogens is 1. The summed E-state index contributed by atoms with van der Waals surface area (Å²) >= 11 is 6.43. The average Bonchev–Trinajstić information content (AvgIpc) is 2.87. The highest BCUT2D eigenvalue weighted by molar-refractivity contribution is 6.30. The fourth-order valence-corrected chi connectivity index (χ4v) is 4.62. The Labute approximate surface area is 164 Å². The Bertz CT molecular complexity index is 958. The van der Waals surface area contributed by atoms with Crippen molar-refractivity contribution in [3.63, 3.8) is 0 Å². The second kappa shape index (κ2) is 6.48. The number of nitrogens with one attached hydrogen (secondary N) is 1. The van der Waals surface area contributed by atoms with E-state index < -0.39 is 5.54 Å². The Hall–Kier alpha value is -2.14. The quantitative estimate of drug-likeness (QED) is 0.611. The molecule has 1 saturated carbocycles. The van der Waals surface area contributed by atoms with E-state index in [1.807, 2.05) is 32.0 Å². The molecule has 2 fully saturated rings. The van der Waals surface area contributed by atoms with Crippen LogP contribution in [0.3, 0.4) is 0 Å². The number of aryl methyl sites for hydroxylation is 2. The predicted octanol–water partition coefficient (Wildman–Crippen LogP) is 4.51. The van der Waals surface area contributed by atoms with Crippen molar-refractivity contribution in [3.05, 3.63) is 40.0 Å². The van der Waals surface area contributed by atoms with E-state index in [0.29, 0.717) is 17.1 Å². The van der Waals surface area contributed by atoms with Crippen LogP contribution in [0.25, 0.3) is 10.9 Å². The Kier molecular flexibility index (Phi) is 4.38. The van der Waals surface area contributed by atoms with E-state index in [1.165, 1.54) is 4.90 Å². The van der Waals surface area contributed by atoms with Crippen molar-refractivity contribution in [1.82, 2.24) is 15.2 Å². The Morgan fingerprint density at radius 2 is 2.07 bits per heavy atom. The van der Waals surface area contributed by atoms with Crippen molar-refractivity contribution in [2.75, 3.05) is 0 Å². The van der Waals surface area contributed by atoms with Crippen LogP contribution in [0.2, 0.25) is 5.15 Å². The molecular weight excluding hydrogens is 362 g/mol. The molecule has 2 aromatic rings. The van der Waals surface area contributed by atoms with Crippen LogP contribution in [-0.4, -0.2) is 27.4 Å². The number of nitrogens with zero attached hydrogens (tertiary/aromatic N) is 2. The molecule has 4 rings (SSSR count). The predicted molar refractivity (Wildman–Crippen MR) is 106 cm³/mol. The fourth-order valence-electron chi connectivity index (χ4n) is 4.42. The maximum Gasteiger partial charge on any atom is 0.325 e. The summed E-state index contributed by atoms with van der Waals surface area (Å²) in [6, 6.07) is 5.65. The Morgan fingerprint density at radius 3 is 2.81 bits per heavy atom. The van der Waals surface area contributed by atoms with Crippen molar-refractivity contribution in [3.8, 4) is 0 Å². The van der Waals surface area contributed by atoms with E-state index in [9.17, 15) is 9.59 Å². The van der Waals surface area contributed by atoms with Gasteiger partial charge >= 0.3 is 6.03 Å². The lowest BCUT2D eigenvalue weighted by atomic mass is 9.73. The molecule has 27 heavy (non-hydrogen) atoms. The first-order chi connectivity index (χ1) is 12.8. The molecule has 2 atom stereocenters. The van der Waals surface area contributed by atoms with Crippen LogP contribution in [0.5, 0.6) is 0 Å². The number of rotatable bonds is 2. The van der Waals surface area contributed by atoms with Gasteiger partial charge < -0.3 is 5.32 Å². The SMILES string of the molecule is Cc1ccc2cc(CN3C(=O)N[C@@]4(CCCC[C@H]4C)C3=O)c(Cl)nc2c1C. The summed E-state index contributed by atoms with van der Waals surface area (Å²) in [5, 5.41) is 4.29. The highest BCUT2D eigenvalue weighted by Gasteiger charge is 2.54. The minimum atomic E-state index is -0.750. The van der Waals surface area contributed by atoms with Gasteiger partial charge in [0.2, 0.25) is 0 Å². The molecule has 0 bridgehead atoms. The maximum atomic E-state index is 13.2. The first-order valence-electron chi connectivity index (χ1n) is 9.53. The van der Waals surface area contributed by atoms with E-state index in [0.717, 1.165) is 41.3 Å². The number of carbonyl (C=O) groups is 2. The van der Waals surface area contributed by atoms with Crippen LogP contribution in [0.1, 0.15) is 49.3 Å². The minimum Gasteiger partial charge on any atom is -0.323 e. The summed E-state index contributed by atoms with van der Waals surface area (Å²) in [7, 11) is 0. The lowest BCUT2D eigenvalue weighted by Crippen LogP contribution is -2.53. The van der Waals surface area contributed by atoms with E-state index in [1.54, 1.807) is 0 Å². The molecule has 2 aliphatic rings. The fraction of sp³-hybridized carbons (Fsp3) is 0.476. The highest BCUT2D eigenvalue weighted by Crippen LogP contribution is 2.39. The second-order valence-electron chi connectivity index (χ2n) is 7.96. The molecule has 2 heterocycles. The number of hydrogen-bond donors (Lipinski definition) is 1. The third-order valence-electron chi connectivity index (χ3n) is 6.37. The molecule has 0 unspecified atom stereocenters. The van der Waals surface area contributed by atoms with Gasteiger partial charge in [-0.3, -0.25) is 9.69 Å². The van der Waals surface area contributed by atoms with Crippen LogP contribution >= 0.6 is 11.6 Å². The van der Waals surface area contributed by atoms with E-state index in [2.05, 4.69) is 17.2 Å². The molecule has 5 nitrogen and oxygen atoms in total. The zero-order chi connectivity index (χ0) is 19.3. The van der Waals surface area contributed by atoms with Crippen molar-refractivity contribution in [1.29, 1.82) is 0 Å². The van der Waals surface area contributed by atoms with Crippen molar-refractivity contribution < 1.29 is 9.59 Å². The van der Waals surface area contributed by atoms with Crippen LogP contribution in [-0.2, 0) is 11.3 Å². The first-order valence-corrected chi connectivity index (χ1v) is 9.91. The Balaban J connectivity index is 1.68. The topological polar surface area (TPSA) is 62.3 Å². The van der Waals surface area contributed by atoms with Gasteiger partial charge in [-0.2, -0.15) is 0 Å². The molecule has 1 aromatic carbocycles. The number of benzene rings is 1. The number of fused-ring (bicyclic) bond motifs is 1. The van der Waals surface area contributed by atoms with Crippen molar-refractivity contribution in [2.45, 2.75) is 58.5 Å². The summed E-state index contributed by atoms with van der Waals surface area (Å²) in [6.07, 6.45) is 3.72. The van der Waals surface area contributed by atoms with Gasteiger partial charge in [0.1, 0.15) is 10.7 Å². The molecule has 3 amide bonds. The van der Waals surface area contributed by atoms with E-state index in [-0.39, 0.29) is 24.4 Å². The summed E-state index contributed by atoms with van der Waals surface area (Å²) in [5.74, 6) is 0.0134. The lowest BCUT2D eigenvalue weighted by Gasteiger charge is -2.36. The average molecular weight is 386 g/mol. The molecule has 1 N–H and O–H groups in total. The van der Waals surface area contributed by atoms with Gasteiger partial charge in [0.25, 0.3) is 5.91 Å². The number of amides is 3. The number of aromatic nitrogens is 1. The number of imide groups is 1. The third-order valence-corrected chi connectivity index (χ3v) is 6.69. The molecule has 1 saturated heterocycles. The van der Waals surface area contributed by atoms with Crippen LogP contribution < -0.4 is 5.32 Å². The monoisotopic (exact) mass is 385 g/mol. The van der Waals surface area contributed by atoms with Crippen LogP contribution in [0.4, 0.5) is 4.79 Å². The van der Waals surface area contributed by atoms with Crippen molar-refractivity contribution in [2.24, 2.45) is 5.92 Å². The van der Waals surface area contributed by atoms with Gasteiger partial charge in [0.05, 0.1) is 12.1 Å². The molecule has 0 radical (unpaired) electrons. The van der Waals surface area contributed by atoms with Gasteiger partial charge in [0.15, 0.2) is 0 Å². The van der Waals surface area contributed by atoms with Crippen LogP contribution in [0.15, 0.2) is 18.2 Å². The number of urea groups is 1. The molecule has 1 aliphatic heterocycles. The van der Waals surface area contributed by atoms with Gasteiger partial charge in [-0.05, 0) is 49.8 Å². The van der Waals surface area contributed by atoms with E-state index in [4.69, 9.17) is 11.6 Å². The summed E-state index contributed by atoms with van der Waals surface area (Å²) < 4.78 is 0. The third kappa shape index (κ3) is 2.80. The lowest BCUT2D eigenvalue weighted by molar-refractivity contribution is -0.134. The zero-order valence-electron chi connectivity index (χ0n) is 15.9. The summed E-state index contributed by atoms with van der Waals surface area (Å²) in [5.41, 5.74) is 3.04. The largest absolute Gasteiger partial charge is 0.325 e. The van der Waals surface area contributed by atoms with Gasteiger partial charge in [-0.1, -0.05) is 43.5 Å². The molecule has 142 valence electrons. The van der Waals surface area contributed by atoms with Crippen molar-refractivity contribution >= 4 is 34.4 Å². The summed E-state index contributed by atoms with van der Waals surface area (Å²) in [6.45, 7) is 6.26. The van der Waals surface area contributed by atoms with Gasteiger partial charge in [0, 0.05) is 10.9 Å². The van der Waals surface area contributed by atoms with Gasteiger partial charge in [-0.15, -0.1) is 0 Å². The molecule has 1 aromatic heterocycles. The normalized spacial score (nSPS) is 25.5. The Morgan fingerprint density at radius 1 is 1.30 bits per heavy atom. The first kappa shape index (κ1) is 18.2. The maximum absolute atomic E-state index is 13.2. The zero-order valence-corrected chi connectivity index (χ0v) is 16.7. The molecular formula is C21H24ClN3O2. The number of pyridine rings is 1. The molecule has 1 spiro atoms. The van der Waals surface area contributed by atoms with E-state index >= 15 is 0 Å². The number of carbonyl (C=O) groups excluding carboxylic acids is 2. The second-order valence-corrected chi connectivity index (χ2v) is 8.32. The minimum absolute atomic E-state index is 0.129. The standard InChI is InChI=1S/C21H24ClN3O2/c1-12-7-8-15-10-16(18(22)23-17(15)14(12)3)11-25-19(26)21(24-20(25)27)9-5-4-6-13(21)2/h7-8,10,13H,4-6,9,11H2,1-3H3,(H,24,27)/t13-,21-/m1/s1. The van der Waals surface area contributed by atoms with Gasteiger partial charge in [-0.25, -0.2) is 9.78 Å². The highest BCUT2D eigenvalue weighted by atomic mass is 35.5. The summed E-state index contributed by atoms with van der Waals surface area (Å²) in [4.78, 5) is 31.6. The number of hydrogen-bond acceptors (Lipinski definition) is 3. The molecule has 1 aliphatic carbocycles. The van der Waals surface area contributed by atoms with Crippen LogP contribution in [0, 0.1) is 19.8 Å².